The summed E-state index contributed by atoms with van der Waals surface area (Å²) in [5.41, 5.74) is 4.24. The zero-order valence-electron chi connectivity index (χ0n) is 9.12. The molecule has 0 aromatic heterocycles. The topological polar surface area (TPSA) is 3.24 Å². The molecule has 1 aliphatic rings. The van der Waals surface area contributed by atoms with E-state index in [1.165, 1.54) is 16.8 Å². The summed E-state index contributed by atoms with van der Waals surface area (Å²) in [4.78, 5) is 2.36. The van der Waals surface area contributed by atoms with Crippen LogP contribution in [0, 0.1) is 0 Å². The van der Waals surface area contributed by atoms with Crippen LogP contribution in [0.3, 0.4) is 0 Å². The molecule has 1 aromatic rings. The molecule has 0 aliphatic carbocycles. The lowest BCUT2D eigenvalue weighted by Gasteiger charge is -2.35. The number of nitrogens with zero attached hydrogens (tertiary/aromatic N) is 1. The summed E-state index contributed by atoms with van der Waals surface area (Å²) in [6, 6.07) is 9.31. The molecule has 74 valence electrons. The fraction of sp³-hybridized carbons (Fsp3) is 0.385. The highest BCUT2D eigenvalue weighted by molar-refractivity contribution is 5.68. The largest absolute Gasteiger partial charge is 0.371 e. The quantitative estimate of drug-likeness (QED) is 0.603. The van der Waals surface area contributed by atoms with E-state index in [4.69, 9.17) is 0 Å². The SMILES string of the molecule is C/C=C1/c2ccccc2C[C@H](C)N1C. The standard InChI is InChI=1S/C13H17N/c1-4-13-12-8-6-5-7-11(12)9-10(2)14(13)3/h4-8,10H,9H2,1-3H3/b13-4-/t10-/m0/s1. The van der Waals surface area contributed by atoms with Crippen molar-refractivity contribution < 1.29 is 0 Å². The van der Waals surface area contributed by atoms with Gasteiger partial charge in [-0.1, -0.05) is 30.3 Å². The summed E-state index contributed by atoms with van der Waals surface area (Å²) in [6.45, 7) is 4.39. The summed E-state index contributed by atoms with van der Waals surface area (Å²) < 4.78 is 0. The van der Waals surface area contributed by atoms with Crippen molar-refractivity contribution in [3.63, 3.8) is 0 Å². The van der Waals surface area contributed by atoms with E-state index in [0.29, 0.717) is 6.04 Å². The number of allylic oxidation sites excluding steroid dienone is 1. The lowest BCUT2D eigenvalue weighted by molar-refractivity contribution is 0.356. The van der Waals surface area contributed by atoms with Crippen LogP contribution >= 0.6 is 0 Å². The van der Waals surface area contributed by atoms with Gasteiger partial charge < -0.3 is 4.90 Å². The van der Waals surface area contributed by atoms with Crippen LogP contribution in [0.25, 0.3) is 5.70 Å². The van der Waals surface area contributed by atoms with Crippen molar-refractivity contribution in [3.05, 3.63) is 41.5 Å². The summed E-state index contributed by atoms with van der Waals surface area (Å²) in [5, 5.41) is 0. The van der Waals surface area contributed by atoms with Gasteiger partial charge in [-0.05, 0) is 25.8 Å². The molecule has 1 heterocycles. The van der Waals surface area contributed by atoms with Crippen molar-refractivity contribution in [2.45, 2.75) is 26.3 Å². The average Bonchev–Trinajstić information content (AvgIpc) is 2.20. The molecule has 2 rings (SSSR count). The van der Waals surface area contributed by atoms with Crippen molar-refractivity contribution in [2.24, 2.45) is 0 Å². The summed E-state index contributed by atoms with van der Waals surface area (Å²) in [6.07, 6.45) is 3.36. The van der Waals surface area contributed by atoms with Gasteiger partial charge in [-0.15, -0.1) is 0 Å². The number of benzene rings is 1. The molecule has 0 unspecified atom stereocenters. The third-order valence-corrected chi connectivity index (χ3v) is 3.12. The van der Waals surface area contributed by atoms with Crippen molar-refractivity contribution in [1.29, 1.82) is 0 Å². The van der Waals surface area contributed by atoms with Gasteiger partial charge in [0.05, 0.1) is 0 Å². The van der Waals surface area contributed by atoms with Crippen molar-refractivity contribution in [3.8, 4) is 0 Å². The highest BCUT2D eigenvalue weighted by Crippen LogP contribution is 2.30. The predicted octanol–water partition coefficient (Wildman–Crippen LogP) is 2.92. The molecule has 1 aliphatic heterocycles. The molecule has 0 radical (unpaired) electrons. The van der Waals surface area contributed by atoms with Crippen LogP contribution in [0.1, 0.15) is 25.0 Å². The van der Waals surface area contributed by atoms with E-state index < -0.39 is 0 Å². The first-order valence-corrected chi connectivity index (χ1v) is 5.21. The maximum atomic E-state index is 2.36. The Labute approximate surface area is 86.1 Å². The first-order valence-electron chi connectivity index (χ1n) is 5.21. The Morgan fingerprint density at radius 2 is 2.07 bits per heavy atom. The van der Waals surface area contributed by atoms with E-state index in [0.717, 1.165) is 6.42 Å². The Hall–Kier alpha value is -1.24. The zero-order chi connectivity index (χ0) is 10.1. The van der Waals surface area contributed by atoms with Crippen molar-refractivity contribution in [2.75, 3.05) is 7.05 Å². The Balaban J connectivity index is 2.53. The van der Waals surface area contributed by atoms with Gasteiger partial charge in [-0.3, -0.25) is 0 Å². The molecular weight excluding hydrogens is 170 g/mol. The van der Waals surface area contributed by atoms with E-state index in [1.807, 2.05) is 0 Å². The van der Waals surface area contributed by atoms with Crippen LogP contribution in [-0.4, -0.2) is 18.0 Å². The first-order chi connectivity index (χ1) is 6.74. The minimum atomic E-state index is 0.607. The zero-order valence-corrected chi connectivity index (χ0v) is 9.12. The molecular formula is C13H17N. The summed E-state index contributed by atoms with van der Waals surface area (Å²) in [7, 11) is 2.18. The van der Waals surface area contributed by atoms with Gasteiger partial charge in [-0.25, -0.2) is 0 Å². The second-order valence-electron chi connectivity index (χ2n) is 4.00. The maximum Gasteiger partial charge on any atom is 0.0399 e. The third-order valence-electron chi connectivity index (χ3n) is 3.12. The number of likely N-dealkylation sites (N-methyl/N-ethyl adjacent to an activating group) is 1. The molecule has 0 amide bonds. The lowest BCUT2D eigenvalue weighted by atomic mass is 9.92. The maximum absolute atomic E-state index is 2.36. The van der Waals surface area contributed by atoms with Crippen LogP contribution < -0.4 is 0 Å². The van der Waals surface area contributed by atoms with Crippen LogP contribution in [0.5, 0.6) is 0 Å². The van der Waals surface area contributed by atoms with E-state index >= 15 is 0 Å². The lowest BCUT2D eigenvalue weighted by Crippen LogP contribution is -2.33. The van der Waals surface area contributed by atoms with E-state index in [2.05, 4.69) is 56.1 Å². The van der Waals surface area contributed by atoms with Gasteiger partial charge in [0.25, 0.3) is 0 Å². The Kier molecular flexibility index (Phi) is 2.32. The third kappa shape index (κ3) is 1.33. The molecule has 0 spiro atoms. The molecule has 14 heavy (non-hydrogen) atoms. The Bertz CT molecular complexity index is 365. The molecule has 0 fully saturated rings. The Morgan fingerprint density at radius 3 is 2.79 bits per heavy atom. The van der Waals surface area contributed by atoms with Crippen LogP contribution in [0.15, 0.2) is 30.3 Å². The van der Waals surface area contributed by atoms with Gasteiger partial charge in [0.15, 0.2) is 0 Å². The van der Waals surface area contributed by atoms with Gasteiger partial charge in [0, 0.05) is 24.4 Å². The average molecular weight is 187 g/mol. The molecule has 0 bridgehead atoms. The molecule has 1 atom stereocenters. The molecule has 0 saturated carbocycles. The Morgan fingerprint density at radius 1 is 1.36 bits per heavy atom. The molecule has 1 nitrogen and oxygen atoms in total. The smallest absolute Gasteiger partial charge is 0.0399 e. The van der Waals surface area contributed by atoms with Gasteiger partial charge in [-0.2, -0.15) is 0 Å². The van der Waals surface area contributed by atoms with Gasteiger partial charge in [0.1, 0.15) is 0 Å². The van der Waals surface area contributed by atoms with Gasteiger partial charge >= 0.3 is 0 Å². The minimum absolute atomic E-state index is 0.607. The predicted molar refractivity (Wildman–Crippen MR) is 61.0 cm³/mol. The highest BCUT2D eigenvalue weighted by atomic mass is 15.1. The van der Waals surface area contributed by atoms with E-state index in [1.54, 1.807) is 0 Å². The monoisotopic (exact) mass is 187 g/mol. The highest BCUT2D eigenvalue weighted by Gasteiger charge is 2.22. The summed E-state index contributed by atoms with van der Waals surface area (Å²) in [5.74, 6) is 0. The van der Waals surface area contributed by atoms with Gasteiger partial charge in [0.2, 0.25) is 0 Å². The first kappa shape index (κ1) is 9.32. The fourth-order valence-corrected chi connectivity index (χ4v) is 2.19. The van der Waals surface area contributed by atoms with E-state index in [-0.39, 0.29) is 0 Å². The molecule has 0 N–H and O–H groups in total. The second kappa shape index (κ2) is 3.49. The van der Waals surface area contributed by atoms with Crippen molar-refractivity contribution >= 4 is 5.70 Å². The second-order valence-corrected chi connectivity index (χ2v) is 4.00. The fourth-order valence-electron chi connectivity index (χ4n) is 2.19. The summed E-state index contributed by atoms with van der Waals surface area (Å²) >= 11 is 0. The molecule has 0 saturated heterocycles. The van der Waals surface area contributed by atoms with E-state index in [9.17, 15) is 0 Å². The van der Waals surface area contributed by atoms with Crippen LogP contribution in [0.4, 0.5) is 0 Å². The number of hydrogen-bond donors (Lipinski definition) is 0. The number of fused-ring (bicyclic) bond motifs is 1. The van der Waals surface area contributed by atoms with Crippen molar-refractivity contribution in [1.82, 2.24) is 4.90 Å². The van der Waals surface area contributed by atoms with Crippen LogP contribution in [0.2, 0.25) is 0 Å². The molecule has 1 heteroatoms. The normalized spacial score (nSPS) is 23.8. The molecule has 1 aromatic carbocycles. The minimum Gasteiger partial charge on any atom is -0.371 e. The van der Waals surface area contributed by atoms with Crippen LogP contribution in [-0.2, 0) is 6.42 Å². The number of rotatable bonds is 0. The number of hydrogen-bond acceptors (Lipinski definition) is 1.